The second kappa shape index (κ2) is 11.3. The highest BCUT2D eigenvalue weighted by Gasteiger charge is 2.23. The van der Waals surface area contributed by atoms with Gasteiger partial charge in [0.15, 0.2) is 0 Å². The molecule has 0 saturated heterocycles. The van der Waals surface area contributed by atoms with Crippen LogP contribution in [0.3, 0.4) is 0 Å². The Morgan fingerprint density at radius 1 is 0.818 bits per heavy atom. The molecule has 6 heteroatoms. The molecule has 3 rings (SSSR count). The zero-order valence-corrected chi connectivity index (χ0v) is 20.3. The van der Waals surface area contributed by atoms with Gasteiger partial charge in [-0.2, -0.15) is 4.31 Å². The van der Waals surface area contributed by atoms with Gasteiger partial charge in [0, 0.05) is 26.6 Å². The number of hydrogen-bond acceptors (Lipinski definition) is 3. The third kappa shape index (κ3) is 7.55. The SMILES string of the molecule is CC(=O)NCc1ccc(-c2ccc(CN(CC(C)C)S(=O)(=O)Cc3ccccc3)cc2)cc1. The number of sulfonamides is 1. The molecule has 5 nitrogen and oxygen atoms in total. The number of carbonyl (C=O) groups excluding carboxylic acids is 1. The maximum Gasteiger partial charge on any atom is 0.218 e. The van der Waals surface area contributed by atoms with E-state index < -0.39 is 10.0 Å². The maximum absolute atomic E-state index is 13.2. The van der Waals surface area contributed by atoms with Crippen LogP contribution in [0.25, 0.3) is 11.1 Å². The number of rotatable bonds is 10. The van der Waals surface area contributed by atoms with Gasteiger partial charge in [-0.15, -0.1) is 0 Å². The lowest BCUT2D eigenvalue weighted by atomic mass is 10.0. The lowest BCUT2D eigenvalue weighted by Gasteiger charge is -2.24. The predicted molar refractivity (Wildman–Crippen MR) is 134 cm³/mol. The van der Waals surface area contributed by atoms with E-state index in [1.54, 1.807) is 4.31 Å². The first-order chi connectivity index (χ1) is 15.7. The van der Waals surface area contributed by atoms with Crippen LogP contribution in [0.15, 0.2) is 78.9 Å². The molecule has 0 fully saturated rings. The number of carbonyl (C=O) groups is 1. The van der Waals surface area contributed by atoms with Crippen molar-refractivity contribution in [3.05, 3.63) is 95.6 Å². The molecule has 0 aliphatic heterocycles. The fourth-order valence-corrected chi connectivity index (χ4v) is 5.27. The van der Waals surface area contributed by atoms with Gasteiger partial charge in [-0.05, 0) is 33.7 Å². The summed E-state index contributed by atoms with van der Waals surface area (Å²) in [6.45, 7) is 6.91. The van der Waals surface area contributed by atoms with Crippen molar-refractivity contribution in [2.24, 2.45) is 5.92 Å². The summed E-state index contributed by atoms with van der Waals surface area (Å²) in [4.78, 5) is 11.1. The minimum atomic E-state index is -3.44. The van der Waals surface area contributed by atoms with E-state index in [1.165, 1.54) is 6.92 Å². The highest BCUT2D eigenvalue weighted by Crippen LogP contribution is 2.22. The molecule has 0 saturated carbocycles. The molecular formula is C27H32N2O3S. The predicted octanol–water partition coefficient (Wildman–Crippen LogP) is 4.98. The summed E-state index contributed by atoms with van der Waals surface area (Å²) in [5, 5.41) is 2.79. The average Bonchev–Trinajstić information content (AvgIpc) is 2.78. The van der Waals surface area contributed by atoms with Crippen LogP contribution in [0.2, 0.25) is 0 Å². The molecule has 0 bridgehead atoms. The van der Waals surface area contributed by atoms with Crippen molar-refractivity contribution in [3.63, 3.8) is 0 Å². The van der Waals surface area contributed by atoms with Gasteiger partial charge in [-0.3, -0.25) is 4.79 Å². The quantitative estimate of drug-likeness (QED) is 0.460. The monoisotopic (exact) mass is 464 g/mol. The van der Waals surface area contributed by atoms with Crippen LogP contribution in [0.1, 0.15) is 37.5 Å². The van der Waals surface area contributed by atoms with Crippen LogP contribution in [0.5, 0.6) is 0 Å². The minimum Gasteiger partial charge on any atom is -0.352 e. The van der Waals surface area contributed by atoms with Gasteiger partial charge in [-0.1, -0.05) is 92.7 Å². The molecule has 0 radical (unpaired) electrons. The van der Waals surface area contributed by atoms with Crippen LogP contribution >= 0.6 is 0 Å². The fraction of sp³-hybridized carbons (Fsp3) is 0.296. The molecule has 174 valence electrons. The number of amides is 1. The van der Waals surface area contributed by atoms with E-state index >= 15 is 0 Å². The molecule has 1 amide bonds. The minimum absolute atomic E-state index is 0.00345. The van der Waals surface area contributed by atoms with Gasteiger partial charge in [0.05, 0.1) is 5.75 Å². The summed E-state index contributed by atoms with van der Waals surface area (Å²) in [7, 11) is -3.44. The second-order valence-corrected chi connectivity index (χ2v) is 10.7. The summed E-state index contributed by atoms with van der Waals surface area (Å²) in [6, 6.07) is 25.4. The van der Waals surface area contributed by atoms with Crippen molar-refractivity contribution in [1.82, 2.24) is 9.62 Å². The Kier molecular flexibility index (Phi) is 8.42. The normalized spacial score (nSPS) is 11.7. The van der Waals surface area contributed by atoms with Crippen molar-refractivity contribution in [3.8, 4) is 11.1 Å². The van der Waals surface area contributed by atoms with E-state index in [9.17, 15) is 13.2 Å². The lowest BCUT2D eigenvalue weighted by Crippen LogP contribution is -2.34. The summed E-state index contributed by atoms with van der Waals surface area (Å²) >= 11 is 0. The van der Waals surface area contributed by atoms with E-state index in [-0.39, 0.29) is 17.6 Å². The molecule has 1 N–H and O–H groups in total. The first-order valence-electron chi connectivity index (χ1n) is 11.2. The lowest BCUT2D eigenvalue weighted by molar-refractivity contribution is -0.119. The van der Waals surface area contributed by atoms with Crippen molar-refractivity contribution in [1.29, 1.82) is 0 Å². The Labute approximate surface area is 197 Å². The molecule has 0 spiro atoms. The third-order valence-electron chi connectivity index (χ3n) is 5.30. The summed E-state index contributed by atoms with van der Waals surface area (Å²) in [5.41, 5.74) is 4.93. The molecule has 33 heavy (non-hydrogen) atoms. The fourth-order valence-electron chi connectivity index (χ4n) is 3.61. The maximum atomic E-state index is 13.2. The summed E-state index contributed by atoms with van der Waals surface area (Å²) in [5.74, 6) is 0.182. The molecule has 0 aromatic heterocycles. The van der Waals surface area contributed by atoms with Crippen molar-refractivity contribution in [2.45, 2.75) is 39.6 Å². The Bertz CT molecular complexity index is 1140. The second-order valence-electron chi connectivity index (χ2n) is 8.73. The molecule has 0 unspecified atom stereocenters. The van der Waals surface area contributed by atoms with Gasteiger partial charge in [0.2, 0.25) is 15.9 Å². The van der Waals surface area contributed by atoms with Crippen LogP contribution in [0.4, 0.5) is 0 Å². The smallest absolute Gasteiger partial charge is 0.218 e. The summed E-state index contributed by atoms with van der Waals surface area (Å²) < 4.78 is 27.9. The summed E-state index contributed by atoms with van der Waals surface area (Å²) in [6.07, 6.45) is 0. The zero-order valence-electron chi connectivity index (χ0n) is 19.5. The van der Waals surface area contributed by atoms with Crippen LogP contribution in [-0.2, 0) is 33.7 Å². The van der Waals surface area contributed by atoms with Crippen molar-refractivity contribution >= 4 is 15.9 Å². The third-order valence-corrected chi connectivity index (χ3v) is 7.06. The van der Waals surface area contributed by atoms with E-state index in [1.807, 2.05) is 92.7 Å². The molecule has 3 aromatic carbocycles. The van der Waals surface area contributed by atoms with Crippen LogP contribution in [0, 0.1) is 5.92 Å². The molecule has 0 aliphatic carbocycles. The molecule has 0 heterocycles. The van der Waals surface area contributed by atoms with Gasteiger partial charge in [-0.25, -0.2) is 8.42 Å². The van der Waals surface area contributed by atoms with Gasteiger partial charge in [0.25, 0.3) is 0 Å². The number of hydrogen-bond donors (Lipinski definition) is 1. The first-order valence-corrected chi connectivity index (χ1v) is 12.8. The molecule has 0 atom stereocenters. The standard InChI is InChI=1S/C27H32N2O3S/c1-21(2)18-29(33(31,32)20-25-7-5-4-6-8-25)19-24-11-15-27(16-12-24)26-13-9-23(10-14-26)17-28-22(3)30/h4-16,21H,17-20H2,1-3H3,(H,28,30). The topological polar surface area (TPSA) is 66.5 Å². The Hall–Kier alpha value is -2.96. The molecule has 0 aliphatic rings. The van der Waals surface area contributed by atoms with Gasteiger partial charge < -0.3 is 5.32 Å². The van der Waals surface area contributed by atoms with E-state index in [4.69, 9.17) is 0 Å². The highest BCUT2D eigenvalue weighted by molar-refractivity contribution is 7.88. The van der Waals surface area contributed by atoms with Gasteiger partial charge >= 0.3 is 0 Å². The van der Waals surface area contributed by atoms with Crippen molar-refractivity contribution in [2.75, 3.05) is 6.54 Å². The number of benzene rings is 3. The number of nitrogens with one attached hydrogen (secondary N) is 1. The van der Waals surface area contributed by atoms with E-state index in [2.05, 4.69) is 5.32 Å². The average molecular weight is 465 g/mol. The van der Waals surface area contributed by atoms with Crippen LogP contribution in [-0.4, -0.2) is 25.2 Å². The highest BCUT2D eigenvalue weighted by atomic mass is 32.2. The Morgan fingerprint density at radius 3 is 1.88 bits per heavy atom. The van der Waals surface area contributed by atoms with Gasteiger partial charge in [0.1, 0.15) is 0 Å². The van der Waals surface area contributed by atoms with Crippen LogP contribution < -0.4 is 5.32 Å². The zero-order chi connectivity index (χ0) is 23.8. The first kappa shape index (κ1) is 24.7. The van der Waals surface area contributed by atoms with E-state index in [0.717, 1.165) is 27.8 Å². The Morgan fingerprint density at radius 2 is 1.36 bits per heavy atom. The van der Waals surface area contributed by atoms with Crippen molar-refractivity contribution < 1.29 is 13.2 Å². The largest absolute Gasteiger partial charge is 0.352 e. The number of nitrogens with zero attached hydrogens (tertiary/aromatic N) is 1. The Balaban J connectivity index is 1.72. The molecule has 3 aromatic rings. The molecular weight excluding hydrogens is 432 g/mol. The van der Waals surface area contributed by atoms with E-state index in [0.29, 0.717) is 19.6 Å².